The molecule has 7 nitrogen and oxygen atoms in total. The molecule has 0 heterocycles. The van der Waals surface area contributed by atoms with Gasteiger partial charge in [-0.05, 0) is 61.3 Å². The third-order valence-electron chi connectivity index (χ3n) is 4.02. The number of benzene rings is 2. The molecule has 5 N–H and O–H groups in total. The van der Waals surface area contributed by atoms with Gasteiger partial charge in [-0.2, -0.15) is 0 Å². The molecule has 0 aliphatic carbocycles. The molecule has 0 aliphatic heterocycles. The van der Waals surface area contributed by atoms with E-state index in [1.807, 2.05) is 32.0 Å². The predicted octanol–water partition coefficient (Wildman–Crippen LogP) is 2.14. The summed E-state index contributed by atoms with van der Waals surface area (Å²) in [4.78, 5) is 12.2. The Balaban J connectivity index is 2.07. The molecule has 2 aromatic carbocycles. The highest BCUT2D eigenvalue weighted by Gasteiger charge is 2.15. The summed E-state index contributed by atoms with van der Waals surface area (Å²) in [5, 5.41) is 8.46. The van der Waals surface area contributed by atoms with Gasteiger partial charge < -0.3 is 5.32 Å². The fraction of sp³-hybridized carbons (Fsp3) is 0.222. The molecule has 144 valence electrons. The SMILES string of the molecule is CCc1cccc(C)c1NC(=S)NNC(=O)c1ccc(C)c(S(N)(=O)=O)c1. The van der Waals surface area contributed by atoms with Gasteiger partial charge in [-0.15, -0.1) is 0 Å². The zero-order valence-corrected chi connectivity index (χ0v) is 16.9. The van der Waals surface area contributed by atoms with Crippen LogP contribution in [0.2, 0.25) is 0 Å². The molecule has 27 heavy (non-hydrogen) atoms. The van der Waals surface area contributed by atoms with Gasteiger partial charge in [0.25, 0.3) is 5.91 Å². The number of hydrogen-bond acceptors (Lipinski definition) is 4. The number of sulfonamides is 1. The average Bonchev–Trinajstić information content (AvgIpc) is 2.60. The van der Waals surface area contributed by atoms with Crippen LogP contribution in [-0.2, 0) is 16.4 Å². The van der Waals surface area contributed by atoms with Crippen LogP contribution in [0.5, 0.6) is 0 Å². The minimum Gasteiger partial charge on any atom is -0.331 e. The van der Waals surface area contributed by atoms with Gasteiger partial charge in [0.1, 0.15) is 0 Å². The summed E-state index contributed by atoms with van der Waals surface area (Å²) >= 11 is 5.22. The zero-order chi connectivity index (χ0) is 20.2. The van der Waals surface area contributed by atoms with Crippen molar-refractivity contribution >= 4 is 38.9 Å². The number of para-hydroxylation sites is 1. The van der Waals surface area contributed by atoms with E-state index in [1.54, 1.807) is 6.92 Å². The fourth-order valence-corrected chi connectivity index (χ4v) is 3.54. The van der Waals surface area contributed by atoms with Crippen LogP contribution in [0.15, 0.2) is 41.3 Å². The Morgan fingerprint density at radius 1 is 1.11 bits per heavy atom. The van der Waals surface area contributed by atoms with Crippen LogP contribution in [0, 0.1) is 13.8 Å². The summed E-state index contributed by atoms with van der Waals surface area (Å²) in [5.41, 5.74) is 8.69. The first-order valence-electron chi connectivity index (χ1n) is 8.22. The van der Waals surface area contributed by atoms with E-state index in [2.05, 4.69) is 16.2 Å². The Labute approximate surface area is 164 Å². The zero-order valence-electron chi connectivity index (χ0n) is 15.3. The molecule has 1 amide bonds. The van der Waals surface area contributed by atoms with Gasteiger partial charge in [0, 0.05) is 11.3 Å². The summed E-state index contributed by atoms with van der Waals surface area (Å²) in [7, 11) is -3.91. The highest BCUT2D eigenvalue weighted by molar-refractivity contribution is 7.89. The number of hydrogen-bond donors (Lipinski definition) is 4. The minimum atomic E-state index is -3.91. The summed E-state index contributed by atoms with van der Waals surface area (Å²) in [6.45, 7) is 5.61. The van der Waals surface area contributed by atoms with Crippen LogP contribution < -0.4 is 21.3 Å². The van der Waals surface area contributed by atoms with Crippen molar-refractivity contribution in [3.05, 3.63) is 58.7 Å². The number of carbonyl (C=O) groups excluding carboxylic acids is 1. The third kappa shape index (κ3) is 5.25. The van der Waals surface area contributed by atoms with E-state index in [9.17, 15) is 13.2 Å². The van der Waals surface area contributed by atoms with Crippen LogP contribution >= 0.6 is 12.2 Å². The molecule has 0 aromatic heterocycles. The number of nitrogens with one attached hydrogen (secondary N) is 3. The van der Waals surface area contributed by atoms with Gasteiger partial charge >= 0.3 is 0 Å². The lowest BCUT2D eigenvalue weighted by Gasteiger charge is -2.16. The first kappa shape index (κ1) is 20.8. The van der Waals surface area contributed by atoms with Gasteiger partial charge in [0.05, 0.1) is 4.90 Å². The summed E-state index contributed by atoms with van der Waals surface area (Å²) in [6, 6.07) is 10.2. The van der Waals surface area contributed by atoms with Crippen molar-refractivity contribution in [2.24, 2.45) is 5.14 Å². The van der Waals surface area contributed by atoms with E-state index in [-0.39, 0.29) is 15.6 Å². The number of primary sulfonamides is 1. The molecular formula is C18H22N4O3S2. The Morgan fingerprint density at radius 2 is 1.81 bits per heavy atom. The van der Waals surface area contributed by atoms with Crippen molar-refractivity contribution < 1.29 is 13.2 Å². The van der Waals surface area contributed by atoms with Gasteiger partial charge in [-0.3, -0.25) is 15.6 Å². The Hall–Kier alpha value is -2.49. The van der Waals surface area contributed by atoms with E-state index in [1.165, 1.54) is 18.2 Å². The number of rotatable bonds is 4. The lowest BCUT2D eigenvalue weighted by Crippen LogP contribution is -2.44. The number of anilines is 1. The van der Waals surface area contributed by atoms with E-state index in [0.717, 1.165) is 23.2 Å². The molecule has 2 rings (SSSR count). The van der Waals surface area contributed by atoms with Crippen LogP contribution in [0.4, 0.5) is 5.69 Å². The van der Waals surface area contributed by atoms with Crippen LogP contribution in [0.3, 0.4) is 0 Å². The molecular weight excluding hydrogens is 384 g/mol. The van der Waals surface area contributed by atoms with Gasteiger partial charge in [0.2, 0.25) is 10.0 Å². The summed E-state index contributed by atoms with van der Waals surface area (Å²) in [5.74, 6) is -0.537. The monoisotopic (exact) mass is 406 g/mol. The molecule has 0 spiro atoms. The molecule has 0 atom stereocenters. The topological polar surface area (TPSA) is 113 Å². The van der Waals surface area contributed by atoms with Crippen molar-refractivity contribution in [3.63, 3.8) is 0 Å². The number of aryl methyl sites for hydroxylation is 3. The molecule has 0 aliphatic rings. The summed E-state index contributed by atoms with van der Waals surface area (Å²) in [6.07, 6.45) is 0.832. The fourth-order valence-electron chi connectivity index (χ4n) is 2.58. The molecule has 9 heteroatoms. The van der Waals surface area contributed by atoms with Crippen LogP contribution in [-0.4, -0.2) is 19.4 Å². The highest BCUT2D eigenvalue weighted by atomic mass is 32.2. The first-order valence-corrected chi connectivity index (χ1v) is 10.2. The average molecular weight is 407 g/mol. The second kappa shape index (κ2) is 8.47. The number of thiocarbonyl (C=S) groups is 1. The molecule has 0 bridgehead atoms. The lowest BCUT2D eigenvalue weighted by atomic mass is 10.1. The third-order valence-corrected chi connectivity index (χ3v) is 5.28. The predicted molar refractivity (Wildman–Crippen MR) is 110 cm³/mol. The molecule has 0 unspecified atom stereocenters. The molecule has 0 saturated heterocycles. The molecule has 2 aromatic rings. The lowest BCUT2D eigenvalue weighted by molar-refractivity contribution is 0.0944. The maximum atomic E-state index is 12.3. The number of carbonyl (C=O) groups is 1. The first-order chi connectivity index (χ1) is 12.6. The largest absolute Gasteiger partial charge is 0.331 e. The Bertz CT molecular complexity index is 988. The molecule has 0 saturated carbocycles. The molecule has 0 radical (unpaired) electrons. The maximum Gasteiger partial charge on any atom is 0.269 e. The van der Waals surface area contributed by atoms with Crippen LogP contribution in [0.25, 0.3) is 0 Å². The standard InChI is InChI=1S/C18H22N4O3S2/c1-4-13-7-5-6-12(3)16(13)20-18(26)22-21-17(23)14-9-8-11(2)15(10-14)27(19,24)25/h5-10H,4H2,1-3H3,(H,21,23)(H2,19,24,25)(H2,20,22,26). The number of nitrogens with two attached hydrogens (primary N) is 1. The van der Waals surface area contributed by atoms with Crippen molar-refractivity contribution in [3.8, 4) is 0 Å². The number of hydrazine groups is 1. The van der Waals surface area contributed by atoms with Crippen molar-refractivity contribution in [1.82, 2.24) is 10.9 Å². The maximum absolute atomic E-state index is 12.3. The van der Waals surface area contributed by atoms with Gasteiger partial charge in [-0.1, -0.05) is 31.2 Å². The molecule has 0 fully saturated rings. The van der Waals surface area contributed by atoms with E-state index >= 15 is 0 Å². The highest BCUT2D eigenvalue weighted by Crippen LogP contribution is 2.21. The summed E-state index contributed by atoms with van der Waals surface area (Å²) < 4.78 is 23.2. The van der Waals surface area contributed by atoms with Crippen molar-refractivity contribution in [1.29, 1.82) is 0 Å². The van der Waals surface area contributed by atoms with Gasteiger partial charge in [0.15, 0.2) is 5.11 Å². The normalized spacial score (nSPS) is 11.0. The Kier molecular flexibility index (Phi) is 6.53. The van der Waals surface area contributed by atoms with Gasteiger partial charge in [-0.25, -0.2) is 13.6 Å². The smallest absolute Gasteiger partial charge is 0.269 e. The second-order valence-electron chi connectivity index (χ2n) is 6.02. The van der Waals surface area contributed by atoms with Crippen LogP contribution in [0.1, 0.15) is 34.0 Å². The van der Waals surface area contributed by atoms with E-state index < -0.39 is 15.9 Å². The van der Waals surface area contributed by atoms with E-state index in [4.69, 9.17) is 17.4 Å². The van der Waals surface area contributed by atoms with E-state index in [0.29, 0.717) is 5.56 Å². The van der Waals surface area contributed by atoms with Crippen molar-refractivity contribution in [2.45, 2.75) is 32.1 Å². The quantitative estimate of drug-likeness (QED) is 0.457. The Morgan fingerprint density at radius 3 is 2.44 bits per heavy atom. The second-order valence-corrected chi connectivity index (χ2v) is 7.96. The minimum absolute atomic E-state index is 0.0941. The number of amides is 1. The van der Waals surface area contributed by atoms with Crippen molar-refractivity contribution in [2.75, 3.05) is 5.32 Å².